The van der Waals surface area contributed by atoms with Crippen LogP contribution in [0.25, 0.3) is 0 Å². The molecule has 0 saturated heterocycles. The Kier molecular flexibility index (Phi) is 4.23. The second-order valence-electron chi connectivity index (χ2n) is 4.04. The van der Waals surface area contributed by atoms with E-state index < -0.39 is 11.4 Å². The van der Waals surface area contributed by atoms with Crippen LogP contribution in [0.15, 0.2) is 18.3 Å². The van der Waals surface area contributed by atoms with Crippen LogP contribution >= 0.6 is 11.6 Å². The summed E-state index contributed by atoms with van der Waals surface area (Å²) in [6.45, 7) is 4.97. The molecule has 0 aliphatic carbocycles. The molecule has 0 bridgehead atoms. The number of Topliss-reactive ketones (excluding diaryl/α,β-unsaturated/α-hetero) is 1. The maximum Gasteiger partial charge on any atom is 0.319 e. The molecule has 0 fully saturated rings. The van der Waals surface area contributed by atoms with E-state index in [9.17, 15) is 9.59 Å². The summed E-state index contributed by atoms with van der Waals surface area (Å²) in [6, 6.07) is 3.05. The monoisotopic (exact) mass is 255 g/mol. The van der Waals surface area contributed by atoms with Gasteiger partial charge in [0.25, 0.3) is 0 Å². The number of nitrogens with zero attached hydrogens (tertiary/aromatic N) is 1. The number of pyridine rings is 1. The molecule has 0 amide bonds. The van der Waals surface area contributed by atoms with Crippen molar-refractivity contribution < 1.29 is 14.3 Å². The molecule has 1 heterocycles. The molecule has 17 heavy (non-hydrogen) atoms. The average Bonchev–Trinajstić information content (AvgIpc) is 2.29. The van der Waals surface area contributed by atoms with Crippen molar-refractivity contribution >= 4 is 23.4 Å². The summed E-state index contributed by atoms with van der Waals surface area (Å²) in [5.74, 6) is -0.936. The Morgan fingerprint density at radius 1 is 1.41 bits per heavy atom. The van der Waals surface area contributed by atoms with Gasteiger partial charge in [-0.05, 0) is 32.9 Å². The summed E-state index contributed by atoms with van der Waals surface area (Å²) in [5, 5.41) is 0.440. The van der Waals surface area contributed by atoms with E-state index >= 15 is 0 Å². The van der Waals surface area contributed by atoms with Crippen LogP contribution in [-0.2, 0) is 9.53 Å². The van der Waals surface area contributed by atoms with Crippen LogP contribution < -0.4 is 0 Å². The van der Waals surface area contributed by atoms with E-state index in [4.69, 9.17) is 16.3 Å². The first-order chi connectivity index (χ1) is 7.89. The Labute approximate surface area is 105 Å². The van der Waals surface area contributed by atoms with Crippen molar-refractivity contribution in [2.45, 2.75) is 20.8 Å². The molecule has 0 unspecified atom stereocenters. The Hall–Kier alpha value is -1.42. The minimum absolute atomic E-state index is 0.201. The van der Waals surface area contributed by atoms with Crippen molar-refractivity contribution in [1.82, 2.24) is 4.98 Å². The van der Waals surface area contributed by atoms with Gasteiger partial charge in [-0.3, -0.25) is 14.6 Å². The maximum absolute atomic E-state index is 12.1. The van der Waals surface area contributed by atoms with E-state index in [1.54, 1.807) is 13.0 Å². The third kappa shape index (κ3) is 3.03. The summed E-state index contributed by atoms with van der Waals surface area (Å²) >= 11 is 5.68. The smallest absolute Gasteiger partial charge is 0.319 e. The summed E-state index contributed by atoms with van der Waals surface area (Å²) in [6.07, 6.45) is 1.37. The minimum Gasteiger partial charge on any atom is -0.465 e. The number of carbonyl (C=O) groups is 2. The van der Waals surface area contributed by atoms with Gasteiger partial charge in [-0.25, -0.2) is 0 Å². The number of halogens is 1. The lowest BCUT2D eigenvalue weighted by atomic mass is 9.86. The van der Waals surface area contributed by atoms with E-state index in [1.807, 2.05) is 0 Å². The molecule has 0 atom stereocenters. The highest BCUT2D eigenvalue weighted by Crippen LogP contribution is 2.23. The second-order valence-corrected chi connectivity index (χ2v) is 4.47. The van der Waals surface area contributed by atoms with Gasteiger partial charge in [0.2, 0.25) is 0 Å². The van der Waals surface area contributed by atoms with E-state index in [0.717, 1.165) is 0 Å². The SMILES string of the molecule is CCOC(=O)C(C)(C)C(=O)c1ccc(Cl)cn1. The molecule has 92 valence electrons. The summed E-state index contributed by atoms with van der Waals surface area (Å²) in [5.41, 5.74) is -1.04. The average molecular weight is 256 g/mol. The third-order valence-corrected chi connectivity index (χ3v) is 2.54. The molecule has 4 nitrogen and oxygen atoms in total. The van der Waals surface area contributed by atoms with Crippen molar-refractivity contribution in [3.05, 3.63) is 29.0 Å². The number of ketones is 1. The lowest BCUT2D eigenvalue weighted by molar-refractivity contribution is -0.150. The Balaban J connectivity index is 2.95. The van der Waals surface area contributed by atoms with Crippen LogP contribution in [-0.4, -0.2) is 23.3 Å². The normalized spacial score (nSPS) is 11.1. The lowest BCUT2D eigenvalue weighted by Gasteiger charge is -2.20. The largest absolute Gasteiger partial charge is 0.465 e. The van der Waals surface area contributed by atoms with E-state index in [1.165, 1.54) is 26.1 Å². The maximum atomic E-state index is 12.1. The molecule has 1 rings (SSSR count). The summed E-state index contributed by atoms with van der Waals surface area (Å²) in [4.78, 5) is 27.6. The van der Waals surface area contributed by atoms with Crippen molar-refractivity contribution in [3.8, 4) is 0 Å². The second kappa shape index (κ2) is 5.27. The highest BCUT2D eigenvalue weighted by molar-refractivity contribution is 6.30. The van der Waals surface area contributed by atoms with Gasteiger partial charge in [0.1, 0.15) is 11.1 Å². The molecule has 0 aromatic carbocycles. The zero-order valence-corrected chi connectivity index (χ0v) is 10.7. The molecule has 1 aromatic heterocycles. The van der Waals surface area contributed by atoms with Crippen molar-refractivity contribution in [3.63, 3.8) is 0 Å². The number of rotatable bonds is 4. The Morgan fingerprint density at radius 3 is 2.53 bits per heavy atom. The number of esters is 1. The first-order valence-electron chi connectivity index (χ1n) is 5.23. The number of hydrogen-bond donors (Lipinski definition) is 0. The van der Waals surface area contributed by atoms with Crippen molar-refractivity contribution in [2.24, 2.45) is 5.41 Å². The highest BCUT2D eigenvalue weighted by atomic mass is 35.5. The van der Waals surface area contributed by atoms with Gasteiger partial charge in [-0.15, -0.1) is 0 Å². The van der Waals surface area contributed by atoms with Gasteiger partial charge in [0, 0.05) is 6.20 Å². The van der Waals surface area contributed by atoms with Crippen molar-refractivity contribution in [2.75, 3.05) is 6.61 Å². The van der Waals surface area contributed by atoms with Crippen LogP contribution in [0.2, 0.25) is 5.02 Å². The topological polar surface area (TPSA) is 56.3 Å². The minimum atomic E-state index is -1.24. The van der Waals surface area contributed by atoms with Gasteiger partial charge in [0.05, 0.1) is 11.6 Å². The summed E-state index contributed by atoms with van der Waals surface area (Å²) in [7, 11) is 0. The number of hydrogen-bond acceptors (Lipinski definition) is 4. The van der Waals surface area contributed by atoms with Crippen LogP contribution in [0, 0.1) is 5.41 Å². The lowest BCUT2D eigenvalue weighted by Crippen LogP contribution is -2.35. The first-order valence-corrected chi connectivity index (χ1v) is 5.61. The van der Waals surface area contributed by atoms with E-state index in [-0.39, 0.29) is 18.1 Å². The summed E-state index contributed by atoms with van der Waals surface area (Å²) < 4.78 is 4.86. The van der Waals surface area contributed by atoms with Crippen LogP contribution in [0.3, 0.4) is 0 Å². The van der Waals surface area contributed by atoms with Crippen LogP contribution in [0.5, 0.6) is 0 Å². The standard InChI is InChI=1S/C12H14ClNO3/c1-4-17-11(16)12(2,3)10(15)9-6-5-8(13)7-14-9/h5-7H,4H2,1-3H3. The predicted octanol–water partition coefficient (Wildman–Crippen LogP) is 2.51. The zero-order chi connectivity index (χ0) is 13.1. The van der Waals surface area contributed by atoms with Gasteiger partial charge < -0.3 is 4.74 Å². The fourth-order valence-corrected chi connectivity index (χ4v) is 1.35. The first kappa shape index (κ1) is 13.6. The Bertz CT molecular complexity index is 426. The van der Waals surface area contributed by atoms with Crippen LogP contribution in [0.4, 0.5) is 0 Å². The third-order valence-electron chi connectivity index (χ3n) is 2.31. The van der Waals surface area contributed by atoms with Gasteiger partial charge >= 0.3 is 5.97 Å². The molecule has 0 N–H and O–H groups in total. The predicted molar refractivity (Wildman–Crippen MR) is 64.0 cm³/mol. The van der Waals surface area contributed by atoms with E-state index in [2.05, 4.69) is 4.98 Å². The van der Waals surface area contributed by atoms with Gasteiger partial charge in [-0.2, -0.15) is 0 Å². The molecule has 0 aliphatic rings. The van der Waals surface area contributed by atoms with Gasteiger partial charge in [0.15, 0.2) is 5.78 Å². The van der Waals surface area contributed by atoms with Crippen molar-refractivity contribution in [1.29, 1.82) is 0 Å². The molecular formula is C12H14ClNO3. The van der Waals surface area contributed by atoms with Crippen LogP contribution in [0.1, 0.15) is 31.3 Å². The van der Waals surface area contributed by atoms with Gasteiger partial charge in [-0.1, -0.05) is 11.6 Å². The number of carbonyl (C=O) groups excluding carboxylic acids is 2. The molecule has 1 aromatic rings. The Morgan fingerprint density at radius 2 is 2.06 bits per heavy atom. The quantitative estimate of drug-likeness (QED) is 0.471. The molecular weight excluding hydrogens is 242 g/mol. The molecule has 0 spiro atoms. The molecule has 5 heteroatoms. The number of ether oxygens (including phenoxy) is 1. The molecule has 0 radical (unpaired) electrons. The molecule has 0 saturated carbocycles. The van der Waals surface area contributed by atoms with E-state index in [0.29, 0.717) is 5.02 Å². The fraction of sp³-hybridized carbons (Fsp3) is 0.417. The fourth-order valence-electron chi connectivity index (χ4n) is 1.23. The zero-order valence-electron chi connectivity index (χ0n) is 9.99. The highest BCUT2D eigenvalue weighted by Gasteiger charge is 2.38. The molecule has 0 aliphatic heterocycles. The number of aromatic nitrogens is 1.